The smallest absolute Gasteiger partial charge is 0.253 e. The molecule has 1 amide bonds. The average molecular weight is 303 g/mol. The molecule has 2 N–H and O–H groups in total. The summed E-state index contributed by atoms with van der Waals surface area (Å²) in [6, 6.07) is 2.95. The van der Waals surface area contributed by atoms with Crippen LogP contribution in [0, 0.1) is 13.8 Å². The second-order valence-electron chi connectivity index (χ2n) is 6.96. The highest BCUT2D eigenvalue weighted by atomic mass is 16.1. The highest BCUT2D eigenvalue weighted by Gasteiger charge is 2.24. The van der Waals surface area contributed by atoms with Crippen molar-refractivity contribution < 1.29 is 4.79 Å². The van der Waals surface area contributed by atoms with Crippen molar-refractivity contribution >= 4 is 5.91 Å². The van der Waals surface area contributed by atoms with Crippen molar-refractivity contribution in [3.05, 3.63) is 23.0 Å². The molecule has 1 aliphatic heterocycles. The monoisotopic (exact) mass is 303 g/mol. The van der Waals surface area contributed by atoms with Crippen molar-refractivity contribution in [3.8, 4) is 0 Å². The van der Waals surface area contributed by atoms with Crippen LogP contribution < -0.4 is 10.6 Å². The van der Waals surface area contributed by atoms with Gasteiger partial charge in [-0.05, 0) is 52.1 Å². The van der Waals surface area contributed by atoms with E-state index in [-0.39, 0.29) is 11.9 Å². The van der Waals surface area contributed by atoms with Gasteiger partial charge in [0.25, 0.3) is 5.91 Å². The minimum atomic E-state index is 0.101. The molecule has 122 valence electrons. The third-order valence-electron chi connectivity index (χ3n) is 5.30. The van der Waals surface area contributed by atoms with Crippen LogP contribution in [0.5, 0.6) is 0 Å². The molecule has 4 heteroatoms. The molecule has 2 aliphatic rings. The average Bonchev–Trinajstić information content (AvgIpc) is 2.84. The van der Waals surface area contributed by atoms with Gasteiger partial charge in [-0.15, -0.1) is 0 Å². The molecule has 1 saturated carbocycles. The summed E-state index contributed by atoms with van der Waals surface area (Å²) in [5, 5.41) is 6.56. The van der Waals surface area contributed by atoms with Crippen LogP contribution in [0.4, 0.5) is 0 Å². The number of rotatable bonds is 3. The molecule has 1 aromatic heterocycles. The lowest BCUT2D eigenvalue weighted by atomic mass is 9.95. The molecule has 1 unspecified atom stereocenters. The number of piperidine rings is 1. The molecule has 22 heavy (non-hydrogen) atoms. The van der Waals surface area contributed by atoms with E-state index in [4.69, 9.17) is 0 Å². The Balaban J connectivity index is 1.74. The Hall–Kier alpha value is -1.29. The largest absolute Gasteiger partial charge is 0.348 e. The SMILES string of the molecule is Cc1cc(C(=O)NC2CCCNC2)c(C)n1C1CCCCC1. The maximum absolute atomic E-state index is 12.6. The molecule has 1 atom stereocenters. The summed E-state index contributed by atoms with van der Waals surface area (Å²) in [5.74, 6) is 0.101. The third-order valence-corrected chi connectivity index (χ3v) is 5.30. The molecule has 4 nitrogen and oxygen atoms in total. The Morgan fingerprint density at radius 3 is 2.64 bits per heavy atom. The van der Waals surface area contributed by atoms with Crippen LogP contribution >= 0.6 is 0 Å². The van der Waals surface area contributed by atoms with Crippen molar-refractivity contribution in [2.75, 3.05) is 13.1 Å². The lowest BCUT2D eigenvalue weighted by Gasteiger charge is -2.26. The molecular formula is C18H29N3O. The van der Waals surface area contributed by atoms with Crippen LogP contribution in [0.2, 0.25) is 0 Å². The summed E-state index contributed by atoms with van der Waals surface area (Å²) in [4.78, 5) is 12.6. The number of amides is 1. The van der Waals surface area contributed by atoms with E-state index in [0.29, 0.717) is 6.04 Å². The molecule has 0 bridgehead atoms. The van der Waals surface area contributed by atoms with Crippen LogP contribution in [0.3, 0.4) is 0 Å². The fourth-order valence-electron chi connectivity index (χ4n) is 4.15. The fraction of sp³-hybridized carbons (Fsp3) is 0.722. The van der Waals surface area contributed by atoms with E-state index in [2.05, 4.69) is 35.1 Å². The first-order chi connectivity index (χ1) is 10.7. The van der Waals surface area contributed by atoms with Crippen LogP contribution in [0.25, 0.3) is 0 Å². The van der Waals surface area contributed by atoms with Gasteiger partial charge in [-0.25, -0.2) is 0 Å². The number of nitrogens with one attached hydrogen (secondary N) is 2. The number of aromatic nitrogens is 1. The number of carbonyl (C=O) groups excluding carboxylic acids is 1. The van der Waals surface area contributed by atoms with E-state index < -0.39 is 0 Å². The van der Waals surface area contributed by atoms with Crippen molar-refractivity contribution in [2.45, 2.75) is 70.9 Å². The van der Waals surface area contributed by atoms with E-state index in [0.717, 1.165) is 37.2 Å². The van der Waals surface area contributed by atoms with Crippen molar-refractivity contribution in [1.82, 2.24) is 15.2 Å². The van der Waals surface area contributed by atoms with Gasteiger partial charge in [-0.1, -0.05) is 19.3 Å². The summed E-state index contributed by atoms with van der Waals surface area (Å²) >= 11 is 0. The number of nitrogens with zero attached hydrogens (tertiary/aromatic N) is 1. The van der Waals surface area contributed by atoms with Crippen LogP contribution in [-0.2, 0) is 0 Å². The van der Waals surface area contributed by atoms with E-state index in [9.17, 15) is 4.79 Å². The minimum Gasteiger partial charge on any atom is -0.348 e. The standard InChI is InChI=1S/C18H29N3O/c1-13-11-17(18(22)20-15-7-6-10-19-12-15)14(2)21(13)16-8-4-3-5-9-16/h11,15-16,19H,3-10,12H2,1-2H3,(H,20,22). The van der Waals surface area contributed by atoms with Gasteiger partial charge in [0, 0.05) is 30.0 Å². The van der Waals surface area contributed by atoms with Gasteiger partial charge >= 0.3 is 0 Å². The highest BCUT2D eigenvalue weighted by Crippen LogP contribution is 2.32. The topological polar surface area (TPSA) is 46.1 Å². The van der Waals surface area contributed by atoms with Crippen molar-refractivity contribution in [2.24, 2.45) is 0 Å². The number of hydrogen-bond donors (Lipinski definition) is 2. The Morgan fingerprint density at radius 2 is 1.95 bits per heavy atom. The molecule has 0 radical (unpaired) electrons. The summed E-state index contributed by atoms with van der Waals surface area (Å²) in [7, 11) is 0. The zero-order valence-electron chi connectivity index (χ0n) is 14.0. The molecule has 0 aromatic carbocycles. The van der Waals surface area contributed by atoms with Gasteiger partial charge < -0.3 is 15.2 Å². The van der Waals surface area contributed by atoms with Gasteiger partial charge in [0.2, 0.25) is 0 Å². The lowest BCUT2D eigenvalue weighted by molar-refractivity contribution is 0.0930. The predicted molar refractivity (Wildman–Crippen MR) is 89.4 cm³/mol. The maximum Gasteiger partial charge on any atom is 0.253 e. The predicted octanol–water partition coefficient (Wildman–Crippen LogP) is 3.09. The Kier molecular flexibility index (Phi) is 4.87. The van der Waals surface area contributed by atoms with Gasteiger partial charge in [-0.3, -0.25) is 4.79 Å². The highest BCUT2D eigenvalue weighted by molar-refractivity contribution is 5.96. The maximum atomic E-state index is 12.6. The summed E-state index contributed by atoms with van der Waals surface area (Å²) in [5.41, 5.74) is 3.25. The van der Waals surface area contributed by atoms with Crippen molar-refractivity contribution in [3.63, 3.8) is 0 Å². The Bertz CT molecular complexity index is 523. The van der Waals surface area contributed by atoms with Crippen LogP contribution in [0.15, 0.2) is 6.07 Å². The van der Waals surface area contributed by atoms with Gasteiger partial charge in [0.05, 0.1) is 5.56 Å². The second-order valence-corrected chi connectivity index (χ2v) is 6.96. The van der Waals surface area contributed by atoms with E-state index in [1.165, 1.54) is 37.8 Å². The van der Waals surface area contributed by atoms with E-state index >= 15 is 0 Å². The molecule has 1 aromatic rings. The van der Waals surface area contributed by atoms with E-state index in [1.54, 1.807) is 0 Å². The summed E-state index contributed by atoms with van der Waals surface area (Å²) in [6.45, 7) is 6.21. The molecule has 3 rings (SSSR count). The number of hydrogen-bond acceptors (Lipinski definition) is 2. The number of carbonyl (C=O) groups is 1. The summed E-state index contributed by atoms with van der Waals surface area (Å²) in [6.07, 6.45) is 8.73. The summed E-state index contributed by atoms with van der Waals surface area (Å²) < 4.78 is 2.41. The number of aryl methyl sites for hydroxylation is 1. The quantitative estimate of drug-likeness (QED) is 0.901. The Morgan fingerprint density at radius 1 is 1.18 bits per heavy atom. The first-order valence-corrected chi connectivity index (χ1v) is 8.87. The van der Waals surface area contributed by atoms with Gasteiger partial charge in [-0.2, -0.15) is 0 Å². The molecule has 0 spiro atoms. The molecule has 2 heterocycles. The van der Waals surface area contributed by atoms with Gasteiger partial charge in [0.1, 0.15) is 0 Å². The molecule has 1 saturated heterocycles. The van der Waals surface area contributed by atoms with Crippen LogP contribution in [0.1, 0.15) is 72.7 Å². The first kappa shape index (κ1) is 15.6. The van der Waals surface area contributed by atoms with Crippen molar-refractivity contribution in [1.29, 1.82) is 0 Å². The molecule has 2 fully saturated rings. The lowest BCUT2D eigenvalue weighted by Crippen LogP contribution is -2.45. The zero-order valence-corrected chi connectivity index (χ0v) is 14.0. The van der Waals surface area contributed by atoms with E-state index in [1.807, 2.05) is 0 Å². The van der Waals surface area contributed by atoms with Crippen LogP contribution in [-0.4, -0.2) is 29.6 Å². The van der Waals surface area contributed by atoms with Gasteiger partial charge in [0.15, 0.2) is 0 Å². The first-order valence-electron chi connectivity index (χ1n) is 8.87. The second kappa shape index (κ2) is 6.86. The molecular weight excluding hydrogens is 274 g/mol. The minimum absolute atomic E-state index is 0.101. The fourth-order valence-corrected chi connectivity index (χ4v) is 4.15. The zero-order chi connectivity index (χ0) is 15.5. The molecule has 1 aliphatic carbocycles. The third kappa shape index (κ3) is 3.22. The normalized spacial score (nSPS) is 23.5. The Labute approximate surface area is 133 Å².